The molecule has 1 amide bonds. The molecule has 18 heavy (non-hydrogen) atoms. The van der Waals surface area contributed by atoms with Crippen LogP contribution in [-0.4, -0.2) is 22.7 Å². The summed E-state index contributed by atoms with van der Waals surface area (Å²) >= 11 is 3.40. The summed E-state index contributed by atoms with van der Waals surface area (Å²) < 4.78 is 0. The van der Waals surface area contributed by atoms with Crippen molar-refractivity contribution in [1.82, 2.24) is 4.90 Å². The maximum atomic E-state index is 11.9. The molecule has 2 nitrogen and oxygen atoms in total. The van der Waals surface area contributed by atoms with Crippen molar-refractivity contribution < 1.29 is 4.79 Å². The van der Waals surface area contributed by atoms with Crippen LogP contribution in [0.25, 0.3) is 0 Å². The summed E-state index contributed by atoms with van der Waals surface area (Å²) in [5.74, 6) is 0.691. The molecule has 100 valence electrons. The van der Waals surface area contributed by atoms with Crippen molar-refractivity contribution in [3.8, 4) is 0 Å². The molecule has 0 saturated heterocycles. The molecule has 0 heterocycles. The van der Waals surface area contributed by atoms with Crippen LogP contribution in [0, 0.1) is 0 Å². The fraction of sp³-hybridized carbons (Fsp3) is 0.533. The molecule has 0 saturated carbocycles. The van der Waals surface area contributed by atoms with Gasteiger partial charge in [0.2, 0.25) is 5.91 Å². The minimum absolute atomic E-state index is 0.0718. The van der Waals surface area contributed by atoms with Gasteiger partial charge in [-0.15, -0.1) is 0 Å². The van der Waals surface area contributed by atoms with E-state index in [2.05, 4.69) is 54.0 Å². The van der Waals surface area contributed by atoms with Crippen molar-refractivity contribution in [2.45, 2.75) is 44.5 Å². The Hall–Kier alpha value is -0.830. The Kier molecular flexibility index (Phi) is 5.86. The second-order valence-electron chi connectivity index (χ2n) is 4.97. The van der Waals surface area contributed by atoms with Crippen LogP contribution in [0.15, 0.2) is 24.3 Å². The van der Waals surface area contributed by atoms with Crippen LogP contribution in [-0.2, 0) is 11.3 Å². The molecule has 1 aromatic rings. The summed E-state index contributed by atoms with van der Waals surface area (Å²) in [5, 5.41) is 0. The number of amides is 1. The molecule has 1 rings (SSSR count). The molecule has 0 aromatic heterocycles. The lowest BCUT2D eigenvalue weighted by molar-refractivity contribution is -0.129. The van der Waals surface area contributed by atoms with Crippen molar-refractivity contribution in [2.75, 3.05) is 7.05 Å². The van der Waals surface area contributed by atoms with Crippen molar-refractivity contribution in [1.29, 1.82) is 0 Å². The number of benzene rings is 1. The lowest BCUT2D eigenvalue weighted by Gasteiger charge is -2.20. The molecular weight excluding hydrogens is 290 g/mol. The molecule has 1 atom stereocenters. The normalized spacial score (nSPS) is 12.6. The van der Waals surface area contributed by atoms with Gasteiger partial charge in [0.25, 0.3) is 0 Å². The van der Waals surface area contributed by atoms with Crippen LogP contribution in [0.4, 0.5) is 0 Å². The van der Waals surface area contributed by atoms with Crippen molar-refractivity contribution in [3.63, 3.8) is 0 Å². The van der Waals surface area contributed by atoms with Gasteiger partial charge < -0.3 is 4.90 Å². The lowest BCUT2D eigenvalue weighted by Crippen LogP contribution is -2.32. The molecule has 0 radical (unpaired) electrons. The van der Waals surface area contributed by atoms with E-state index in [0.29, 0.717) is 12.5 Å². The largest absolute Gasteiger partial charge is 0.340 e. The van der Waals surface area contributed by atoms with E-state index in [9.17, 15) is 4.79 Å². The van der Waals surface area contributed by atoms with E-state index >= 15 is 0 Å². The van der Waals surface area contributed by atoms with Gasteiger partial charge in [0, 0.05) is 13.6 Å². The topological polar surface area (TPSA) is 20.3 Å². The number of nitrogens with zero attached hydrogens (tertiary/aromatic N) is 1. The Labute approximate surface area is 119 Å². The lowest BCUT2D eigenvalue weighted by atomic mass is 10.0. The zero-order valence-corrected chi connectivity index (χ0v) is 13.2. The van der Waals surface area contributed by atoms with Crippen LogP contribution >= 0.6 is 15.9 Å². The van der Waals surface area contributed by atoms with Gasteiger partial charge in [-0.2, -0.15) is 0 Å². The number of halogens is 1. The first-order valence-electron chi connectivity index (χ1n) is 6.43. The van der Waals surface area contributed by atoms with E-state index in [1.807, 2.05) is 14.0 Å². The Morgan fingerprint density at radius 2 is 1.83 bits per heavy atom. The Morgan fingerprint density at radius 3 is 2.28 bits per heavy atom. The molecule has 1 unspecified atom stereocenters. The third-order valence-corrected chi connectivity index (χ3v) is 4.11. The Bertz CT molecular complexity index is 386. The van der Waals surface area contributed by atoms with E-state index in [4.69, 9.17) is 0 Å². The zero-order chi connectivity index (χ0) is 13.7. The molecule has 3 heteroatoms. The predicted octanol–water partition coefficient (Wildman–Crippen LogP) is 3.94. The molecular formula is C15H22BrNO. The first-order valence-corrected chi connectivity index (χ1v) is 7.35. The monoisotopic (exact) mass is 311 g/mol. The highest BCUT2D eigenvalue weighted by Gasteiger charge is 2.17. The molecule has 0 bridgehead atoms. The van der Waals surface area contributed by atoms with Gasteiger partial charge in [0.05, 0.1) is 4.83 Å². The van der Waals surface area contributed by atoms with Gasteiger partial charge in [0.15, 0.2) is 0 Å². The summed E-state index contributed by atoms with van der Waals surface area (Å²) in [6.45, 7) is 7.03. The van der Waals surface area contributed by atoms with Crippen LogP contribution in [0.1, 0.15) is 44.2 Å². The van der Waals surface area contributed by atoms with Crippen molar-refractivity contribution in [2.24, 2.45) is 0 Å². The summed E-state index contributed by atoms with van der Waals surface area (Å²) in [6.07, 6.45) is 0.815. The number of alkyl halides is 1. The molecule has 0 spiro atoms. The van der Waals surface area contributed by atoms with Gasteiger partial charge in [-0.05, 0) is 23.5 Å². The first-order chi connectivity index (χ1) is 8.45. The highest BCUT2D eigenvalue weighted by molar-refractivity contribution is 9.10. The number of carbonyl (C=O) groups excluding carboxylic acids is 1. The molecule has 0 aliphatic carbocycles. The summed E-state index contributed by atoms with van der Waals surface area (Å²) in [7, 11) is 1.85. The summed E-state index contributed by atoms with van der Waals surface area (Å²) in [4.78, 5) is 13.6. The van der Waals surface area contributed by atoms with Crippen LogP contribution < -0.4 is 0 Å². The van der Waals surface area contributed by atoms with E-state index in [1.54, 1.807) is 4.90 Å². The average molecular weight is 312 g/mol. The maximum Gasteiger partial charge on any atom is 0.236 e. The third kappa shape index (κ3) is 4.13. The van der Waals surface area contributed by atoms with Crippen molar-refractivity contribution in [3.05, 3.63) is 35.4 Å². The first kappa shape index (κ1) is 15.2. The minimum atomic E-state index is -0.0718. The minimum Gasteiger partial charge on any atom is -0.340 e. The van der Waals surface area contributed by atoms with E-state index in [1.165, 1.54) is 11.1 Å². The predicted molar refractivity (Wildman–Crippen MR) is 80.0 cm³/mol. The smallest absolute Gasteiger partial charge is 0.236 e. The highest BCUT2D eigenvalue weighted by atomic mass is 79.9. The number of hydrogen-bond donors (Lipinski definition) is 0. The number of rotatable bonds is 5. The van der Waals surface area contributed by atoms with Crippen LogP contribution in [0.2, 0.25) is 0 Å². The van der Waals surface area contributed by atoms with Crippen LogP contribution in [0.5, 0.6) is 0 Å². The van der Waals surface area contributed by atoms with E-state index in [0.717, 1.165) is 6.42 Å². The van der Waals surface area contributed by atoms with Gasteiger partial charge in [0.1, 0.15) is 0 Å². The zero-order valence-electron chi connectivity index (χ0n) is 11.6. The van der Waals surface area contributed by atoms with Gasteiger partial charge in [-0.25, -0.2) is 0 Å². The molecule has 1 aromatic carbocycles. The van der Waals surface area contributed by atoms with Crippen LogP contribution in [0.3, 0.4) is 0 Å². The van der Waals surface area contributed by atoms with E-state index in [-0.39, 0.29) is 10.7 Å². The average Bonchev–Trinajstić information content (AvgIpc) is 2.37. The summed E-state index contributed by atoms with van der Waals surface area (Å²) in [6, 6.07) is 8.50. The van der Waals surface area contributed by atoms with E-state index < -0.39 is 0 Å². The highest BCUT2D eigenvalue weighted by Crippen LogP contribution is 2.16. The Balaban J connectivity index is 2.64. The standard InChI is InChI=1S/C15H22BrNO/c1-5-14(16)15(18)17(4)10-12-6-8-13(9-7-12)11(2)3/h6-9,11,14H,5,10H2,1-4H3. The SMILES string of the molecule is CCC(Br)C(=O)N(C)Cc1ccc(C(C)C)cc1. The molecule has 0 N–H and O–H groups in total. The third-order valence-electron chi connectivity index (χ3n) is 3.07. The van der Waals surface area contributed by atoms with Gasteiger partial charge in [-0.3, -0.25) is 4.79 Å². The number of carbonyl (C=O) groups is 1. The maximum absolute atomic E-state index is 11.9. The molecule has 0 fully saturated rings. The van der Waals surface area contributed by atoms with Crippen molar-refractivity contribution >= 4 is 21.8 Å². The molecule has 0 aliphatic rings. The fourth-order valence-electron chi connectivity index (χ4n) is 1.77. The fourth-order valence-corrected chi connectivity index (χ4v) is 2.12. The quantitative estimate of drug-likeness (QED) is 0.754. The second-order valence-corrected chi connectivity index (χ2v) is 6.07. The summed E-state index contributed by atoms with van der Waals surface area (Å²) in [5.41, 5.74) is 2.51. The molecule has 0 aliphatic heterocycles. The second kappa shape index (κ2) is 6.93. The van der Waals surface area contributed by atoms with Gasteiger partial charge in [-0.1, -0.05) is 61.0 Å². The number of hydrogen-bond acceptors (Lipinski definition) is 1. The Morgan fingerprint density at radius 1 is 1.28 bits per heavy atom. The van der Waals surface area contributed by atoms with Gasteiger partial charge >= 0.3 is 0 Å².